The topological polar surface area (TPSA) is 122 Å². The molecule has 1 amide bonds. The molecule has 0 saturated carbocycles. The van der Waals surface area contributed by atoms with Crippen LogP contribution >= 0.6 is 0 Å². The van der Waals surface area contributed by atoms with E-state index < -0.39 is 11.0 Å². The Morgan fingerprint density at radius 2 is 2.11 bits per heavy atom. The molecule has 1 saturated heterocycles. The number of carbonyl (C=O) groups is 2. The zero-order valence-corrected chi connectivity index (χ0v) is 15.3. The molecule has 1 aliphatic heterocycles. The van der Waals surface area contributed by atoms with Gasteiger partial charge in [-0.2, -0.15) is 5.26 Å². The quantitative estimate of drug-likeness (QED) is 0.768. The molecule has 2 aliphatic rings. The Labute approximate surface area is 157 Å². The highest BCUT2D eigenvalue weighted by Crippen LogP contribution is 2.41. The first-order valence-electron chi connectivity index (χ1n) is 8.62. The first-order chi connectivity index (χ1) is 12.8. The van der Waals surface area contributed by atoms with E-state index in [2.05, 4.69) is 9.97 Å². The minimum atomic E-state index is -0.875. The summed E-state index contributed by atoms with van der Waals surface area (Å²) < 4.78 is 5.94. The van der Waals surface area contributed by atoms with Crippen LogP contribution in [0.2, 0.25) is 0 Å². The van der Waals surface area contributed by atoms with Crippen molar-refractivity contribution in [3.05, 3.63) is 41.6 Å². The van der Waals surface area contributed by atoms with Crippen LogP contribution in [-0.2, 0) is 14.3 Å². The van der Waals surface area contributed by atoms with E-state index in [0.29, 0.717) is 25.4 Å². The maximum atomic E-state index is 12.8. The van der Waals surface area contributed by atoms with Gasteiger partial charge in [0.05, 0.1) is 18.7 Å². The third-order valence-electron chi connectivity index (χ3n) is 4.74. The van der Waals surface area contributed by atoms with Gasteiger partial charge in [0.25, 0.3) is 5.91 Å². The number of ether oxygens (including phenoxy) is 1. The Balaban J connectivity index is 1.85. The zero-order chi connectivity index (χ0) is 19.7. The molecule has 0 radical (unpaired) electrons. The number of morpholine rings is 1. The Kier molecular flexibility index (Phi) is 4.81. The lowest BCUT2D eigenvalue weighted by Crippen LogP contribution is -2.57. The molecule has 1 spiro atoms. The molecular formula is C19H21N5O3. The molecule has 27 heavy (non-hydrogen) atoms. The number of carbonyl (C=O) groups excluding carboxylic acids is 2. The smallest absolute Gasteiger partial charge is 0.270 e. The van der Waals surface area contributed by atoms with Gasteiger partial charge in [0.1, 0.15) is 17.4 Å². The third kappa shape index (κ3) is 3.73. The van der Waals surface area contributed by atoms with E-state index in [0.717, 1.165) is 0 Å². The minimum Gasteiger partial charge on any atom is -0.394 e. The van der Waals surface area contributed by atoms with Crippen molar-refractivity contribution in [2.24, 2.45) is 11.1 Å². The summed E-state index contributed by atoms with van der Waals surface area (Å²) in [7, 11) is 0. The molecule has 2 N–H and O–H groups in total. The lowest BCUT2D eigenvalue weighted by Gasteiger charge is -2.46. The van der Waals surface area contributed by atoms with E-state index in [9.17, 15) is 14.9 Å². The molecular weight excluding hydrogens is 346 g/mol. The van der Waals surface area contributed by atoms with Crippen molar-refractivity contribution in [2.75, 3.05) is 19.7 Å². The second kappa shape index (κ2) is 6.93. The van der Waals surface area contributed by atoms with Crippen molar-refractivity contribution in [2.45, 2.75) is 25.9 Å². The van der Waals surface area contributed by atoms with Crippen LogP contribution in [-0.4, -0.2) is 51.9 Å². The lowest BCUT2D eigenvalue weighted by molar-refractivity contribution is -0.148. The average Bonchev–Trinajstić information content (AvgIpc) is 2.64. The van der Waals surface area contributed by atoms with Gasteiger partial charge in [-0.15, -0.1) is 0 Å². The van der Waals surface area contributed by atoms with Gasteiger partial charge in [-0.1, -0.05) is 13.8 Å². The van der Waals surface area contributed by atoms with Gasteiger partial charge in [0.2, 0.25) is 0 Å². The van der Waals surface area contributed by atoms with Crippen molar-refractivity contribution in [1.29, 1.82) is 5.26 Å². The van der Waals surface area contributed by atoms with E-state index in [1.54, 1.807) is 43.3 Å². The Morgan fingerprint density at radius 1 is 1.41 bits per heavy atom. The highest BCUT2D eigenvalue weighted by atomic mass is 16.5. The van der Waals surface area contributed by atoms with Gasteiger partial charge in [0.15, 0.2) is 11.6 Å². The van der Waals surface area contributed by atoms with Crippen molar-refractivity contribution in [3.63, 3.8) is 0 Å². The monoisotopic (exact) mass is 367 g/mol. The summed E-state index contributed by atoms with van der Waals surface area (Å²) >= 11 is 0. The number of amides is 1. The maximum Gasteiger partial charge on any atom is 0.270 e. The van der Waals surface area contributed by atoms with Crippen LogP contribution in [0, 0.1) is 16.7 Å². The summed E-state index contributed by atoms with van der Waals surface area (Å²) in [6.07, 6.45) is 6.50. The standard InChI is InChI=1S/C19H21N5O3/c1-18(2)11-19(9-13(10-20)16(18)25)12-24(6-7-27-19)17(26)14(21)8-15-22-4-3-5-23-15/h3-5,8-9H,6-7,11-12,21H2,1-2H3/b14-8-. The number of nitrogens with two attached hydrogens (primary N) is 1. The van der Waals surface area contributed by atoms with Crippen molar-refractivity contribution < 1.29 is 14.3 Å². The number of hydrogen-bond acceptors (Lipinski definition) is 7. The van der Waals surface area contributed by atoms with E-state index in [1.165, 1.54) is 6.08 Å². The number of rotatable bonds is 2. The summed E-state index contributed by atoms with van der Waals surface area (Å²) in [5.74, 6) is -0.211. The fourth-order valence-electron chi connectivity index (χ4n) is 3.60. The Bertz CT molecular complexity index is 869. The zero-order valence-electron chi connectivity index (χ0n) is 15.3. The lowest BCUT2D eigenvalue weighted by atomic mass is 9.69. The van der Waals surface area contributed by atoms with Crippen molar-refractivity contribution in [3.8, 4) is 6.07 Å². The minimum absolute atomic E-state index is 0.0221. The summed E-state index contributed by atoms with van der Waals surface area (Å²) in [6.45, 7) is 4.45. The predicted octanol–water partition coefficient (Wildman–Crippen LogP) is 0.823. The van der Waals surface area contributed by atoms with E-state index in [-0.39, 0.29) is 29.5 Å². The Hall–Kier alpha value is -3.05. The summed E-state index contributed by atoms with van der Waals surface area (Å²) in [4.78, 5) is 34.8. The van der Waals surface area contributed by atoms with Gasteiger partial charge in [-0.25, -0.2) is 9.97 Å². The van der Waals surface area contributed by atoms with Crippen LogP contribution in [0.25, 0.3) is 6.08 Å². The number of nitrogens with zero attached hydrogens (tertiary/aromatic N) is 4. The molecule has 3 rings (SSSR count). The molecule has 0 aromatic carbocycles. The molecule has 1 atom stereocenters. The second-order valence-corrected chi connectivity index (χ2v) is 7.41. The van der Waals surface area contributed by atoms with Gasteiger partial charge >= 0.3 is 0 Å². The van der Waals surface area contributed by atoms with E-state index >= 15 is 0 Å². The number of nitriles is 1. The summed E-state index contributed by atoms with van der Waals surface area (Å²) in [6, 6.07) is 3.63. The van der Waals surface area contributed by atoms with Crippen LogP contribution in [0.4, 0.5) is 0 Å². The number of aromatic nitrogens is 2. The van der Waals surface area contributed by atoms with Gasteiger partial charge in [0, 0.05) is 30.4 Å². The summed E-state index contributed by atoms with van der Waals surface area (Å²) in [5.41, 5.74) is 4.43. The van der Waals surface area contributed by atoms with Crippen LogP contribution in [0.3, 0.4) is 0 Å². The first kappa shape index (κ1) is 18.7. The molecule has 1 aromatic heterocycles. The van der Waals surface area contributed by atoms with Crippen molar-refractivity contribution in [1.82, 2.24) is 14.9 Å². The SMILES string of the molecule is CC1(C)CC2(C=C(C#N)C1=O)CN(C(=O)/C(N)=C/c1ncccn1)CCO2. The second-order valence-electron chi connectivity index (χ2n) is 7.41. The largest absolute Gasteiger partial charge is 0.394 e. The number of hydrogen-bond donors (Lipinski definition) is 1. The van der Waals surface area contributed by atoms with Gasteiger partial charge < -0.3 is 15.4 Å². The number of Topliss-reactive ketones (excluding diaryl/α,β-unsaturated/α-hetero) is 1. The third-order valence-corrected chi connectivity index (χ3v) is 4.74. The summed E-state index contributed by atoms with van der Waals surface area (Å²) in [5, 5.41) is 9.32. The Morgan fingerprint density at radius 3 is 2.78 bits per heavy atom. The van der Waals surface area contributed by atoms with Crippen molar-refractivity contribution >= 4 is 17.8 Å². The molecule has 140 valence electrons. The maximum absolute atomic E-state index is 12.8. The number of ketones is 1. The molecule has 2 heterocycles. The normalized spacial score (nSPS) is 25.1. The average molecular weight is 367 g/mol. The predicted molar refractivity (Wildman–Crippen MR) is 96.6 cm³/mol. The molecule has 8 nitrogen and oxygen atoms in total. The molecule has 1 unspecified atom stereocenters. The molecule has 1 fully saturated rings. The first-order valence-corrected chi connectivity index (χ1v) is 8.62. The van der Waals surface area contributed by atoms with Crippen LogP contribution < -0.4 is 5.73 Å². The molecule has 1 aliphatic carbocycles. The van der Waals surface area contributed by atoms with Gasteiger partial charge in [-0.3, -0.25) is 9.59 Å². The van der Waals surface area contributed by atoms with Crippen LogP contribution in [0.15, 0.2) is 35.8 Å². The molecule has 8 heteroatoms. The van der Waals surface area contributed by atoms with Crippen LogP contribution in [0.1, 0.15) is 26.1 Å². The molecule has 0 bridgehead atoms. The molecule has 1 aromatic rings. The van der Waals surface area contributed by atoms with E-state index in [1.807, 2.05) is 6.07 Å². The fourth-order valence-corrected chi connectivity index (χ4v) is 3.60. The highest BCUT2D eigenvalue weighted by molar-refractivity contribution is 6.04. The highest BCUT2D eigenvalue weighted by Gasteiger charge is 2.48. The van der Waals surface area contributed by atoms with Crippen LogP contribution in [0.5, 0.6) is 0 Å². The van der Waals surface area contributed by atoms with E-state index in [4.69, 9.17) is 10.5 Å². The fraction of sp³-hybridized carbons (Fsp3) is 0.421. The number of allylic oxidation sites excluding steroid dienone is 1. The van der Waals surface area contributed by atoms with Gasteiger partial charge in [-0.05, 0) is 18.6 Å².